The van der Waals surface area contributed by atoms with E-state index in [1.165, 1.54) is 6.20 Å². The molecule has 0 radical (unpaired) electrons. The fraction of sp³-hybridized carbons (Fsp3) is 0.111. The van der Waals surface area contributed by atoms with Crippen LogP contribution in [0.5, 0.6) is 0 Å². The van der Waals surface area contributed by atoms with Crippen LogP contribution in [0.25, 0.3) is 5.69 Å². The van der Waals surface area contributed by atoms with E-state index in [-0.39, 0.29) is 12.5 Å². The summed E-state index contributed by atoms with van der Waals surface area (Å²) in [5.74, 6) is -0.263. The van der Waals surface area contributed by atoms with Crippen LogP contribution in [0, 0.1) is 6.92 Å². The molecule has 6 heteroatoms. The maximum absolute atomic E-state index is 12.4. The Balaban J connectivity index is 1.82. The molecule has 0 fully saturated rings. The van der Waals surface area contributed by atoms with Gasteiger partial charge in [-0.2, -0.15) is 5.10 Å². The second-order valence-electron chi connectivity index (χ2n) is 5.41. The zero-order chi connectivity index (χ0) is 17.1. The summed E-state index contributed by atoms with van der Waals surface area (Å²) in [7, 11) is 0. The van der Waals surface area contributed by atoms with Gasteiger partial charge in [0.15, 0.2) is 0 Å². The number of hydrogen-bond acceptors (Lipinski definition) is 3. The summed E-state index contributed by atoms with van der Waals surface area (Å²) in [6.45, 7) is 1.82. The SMILES string of the molecule is Cc1ccc(CO)cc1NC(=O)c1cnn(-c2cccc(Cl)c2)c1. The summed E-state index contributed by atoms with van der Waals surface area (Å²) >= 11 is 5.98. The lowest BCUT2D eigenvalue weighted by Gasteiger charge is -2.09. The molecule has 24 heavy (non-hydrogen) atoms. The van der Waals surface area contributed by atoms with Gasteiger partial charge < -0.3 is 10.4 Å². The van der Waals surface area contributed by atoms with Crippen LogP contribution < -0.4 is 5.32 Å². The van der Waals surface area contributed by atoms with Crippen molar-refractivity contribution in [2.75, 3.05) is 5.32 Å². The Bertz CT molecular complexity index is 889. The quantitative estimate of drug-likeness (QED) is 0.762. The molecule has 0 aliphatic heterocycles. The average molecular weight is 342 g/mol. The minimum Gasteiger partial charge on any atom is -0.392 e. The normalized spacial score (nSPS) is 10.6. The lowest BCUT2D eigenvalue weighted by Crippen LogP contribution is -2.12. The Morgan fingerprint density at radius 2 is 2.12 bits per heavy atom. The fourth-order valence-corrected chi connectivity index (χ4v) is 2.48. The van der Waals surface area contributed by atoms with Crippen LogP contribution in [-0.2, 0) is 6.61 Å². The van der Waals surface area contributed by atoms with Crippen LogP contribution in [0.2, 0.25) is 5.02 Å². The highest BCUT2D eigenvalue weighted by Gasteiger charge is 2.11. The number of halogens is 1. The highest BCUT2D eigenvalue weighted by molar-refractivity contribution is 6.30. The Labute approximate surface area is 144 Å². The molecule has 1 aromatic heterocycles. The monoisotopic (exact) mass is 341 g/mol. The van der Waals surface area contributed by atoms with E-state index in [0.717, 1.165) is 16.8 Å². The second kappa shape index (κ2) is 6.86. The molecule has 0 spiro atoms. The van der Waals surface area contributed by atoms with Gasteiger partial charge in [0, 0.05) is 16.9 Å². The standard InChI is InChI=1S/C18H16ClN3O2/c1-12-5-6-13(11-23)7-17(12)21-18(24)14-9-20-22(10-14)16-4-2-3-15(19)8-16/h2-10,23H,11H2,1H3,(H,21,24). The molecular formula is C18H16ClN3O2. The van der Waals surface area contributed by atoms with Crippen molar-refractivity contribution in [3.63, 3.8) is 0 Å². The van der Waals surface area contributed by atoms with E-state index in [2.05, 4.69) is 10.4 Å². The van der Waals surface area contributed by atoms with Crippen LogP contribution in [0.4, 0.5) is 5.69 Å². The number of amides is 1. The first-order chi connectivity index (χ1) is 11.6. The molecule has 0 bridgehead atoms. The fourth-order valence-electron chi connectivity index (χ4n) is 2.30. The van der Waals surface area contributed by atoms with Crippen molar-refractivity contribution in [1.82, 2.24) is 9.78 Å². The molecule has 3 aromatic rings. The third-order valence-corrected chi connectivity index (χ3v) is 3.89. The van der Waals surface area contributed by atoms with E-state index in [0.29, 0.717) is 16.3 Å². The number of aliphatic hydroxyl groups is 1. The molecule has 5 nitrogen and oxygen atoms in total. The number of hydrogen-bond donors (Lipinski definition) is 2. The molecule has 0 aliphatic rings. The van der Waals surface area contributed by atoms with Crippen LogP contribution in [-0.4, -0.2) is 20.8 Å². The van der Waals surface area contributed by atoms with Gasteiger partial charge in [0.1, 0.15) is 0 Å². The topological polar surface area (TPSA) is 67.2 Å². The van der Waals surface area contributed by atoms with Crippen LogP contribution >= 0.6 is 11.6 Å². The summed E-state index contributed by atoms with van der Waals surface area (Å²) in [5.41, 5.74) is 3.54. The molecule has 0 atom stereocenters. The predicted molar refractivity (Wildman–Crippen MR) is 93.6 cm³/mol. The zero-order valence-corrected chi connectivity index (χ0v) is 13.8. The maximum Gasteiger partial charge on any atom is 0.258 e. The zero-order valence-electron chi connectivity index (χ0n) is 13.0. The third-order valence-electron chi connectivity index (χ3n) is 3.65. The predicted octanol–water partition coefficient (Wildman–Crippen LogP) is 3.58. The van der Waals surface area contributed by atoms with E-state index in [1.54, 1.807) is 29.1 Å². The summed E-state index contributed by atoms with van der Waals surface area (Å²) < 4.78 is 1.60. The largest absolute Gasteiger partial charge is 0.392 e. The van der Waals surface area contributed by atoms with E-state index in [1.807, 2.05) is 31.2 Å². The molecule has 0 aliphatic carbocycles. The number of benzene rings is 2. The molecule has 2 N–H and O–H groups in total. The number of aromatic nitrogens is 2. The van der Waals surface area contributed by atoms with Gasteiger partial charge in [-0.15, -0.1) is 0 Å². The van der Waals surface area contributed by atoms with E-state index in [9.17, 15) is 9.90 Å². The van der Waals surface area contributed by atoms with Gasteiger partial charge in [0.05, 0.1) is 24.1 Å². The molecule has 122 valence electrons. The first-order valence-electron chi connectivity index (χ1n) is 7.39. The van der Waals surface area contributed by atoms with Gasteiger partial charge in [-0.1, -0.05) is 29.8 Å². The summed E-state index contributed by atoms with van der Waals surface area (Å²) in [5, 5.41) is 16.9. The van der Waals surface area contributed by atoms with Crippen molar-refractivity contribution in [3.8, 4) is 5.69 Å². The molecule has 2 aromatic carbocycles. The van der Waals surface area contributed by atoms with Crippen LogP contribution in [0.1, 0.15) is 21.5 Å². The Morgan fingerprint density at radius 3 is 2.88 bits per heavy atom. The van der Waals surface area contributed by atoms with Gasteiger partial charge in [0.2, 0.25) is 0 Å². The minimum atomic E-state index is -0.263. The molecule has 1 heterocycles. The van der Waals surface area contributed by atoms with Crippen LogP contribution in [0.15, 0.2) is 54.9 Å². The number of aliphatic hydroxyl groups excluding tert-OH is 1. The third kappa shape index (κ3) is 3.48. The summed E-state index contributed by atoms with van der Waals surface area (Å²) in [6, 6.07) is 12.7. The van der Waals surface area contributed by atoms with Gasteiger partial charge in [-0.25, -0.2) is 4.68 Å². The van der Waals surface area contributed by atoms with Crippen molar-refractivity contribution in [2.45, 2.75) is 13.5 Å². The molecular weight excluding hydrogens is 326 g/mol. The lowest BCUT2D eigenvalue weighted by atomic mass is 10.1. The summed E-state index contributed by atoms with van der Waals surface area (Å²) in [4.78, 5) is 12.4. The van der Waals surface area contributed by atoms with Gasteiger partial charge in [-0.05, 0) is 42.3 Å². The Hall–Kier alpha value is -2.63. The van der Waals surface area contributed by atoms with Crippen molar-refractivity contribution < 1.29 is 9.90 Å². The highest BCUT2D eigenvalue weighted by atomic mass is 35.5. The first kappa shape index (κ1) is 16.2. The molecule has 1 amide bonds. The Morgan fingerprint density at radius 1 is 1.29 bits per heavy atom. The number of nitrogens with zero attached hydrogens (tertiary/aromatic N) is 2. The molecule has 0 unspecified atom stereocenters. The van der Waals surface area contributed by atoms with Crippen molar-refractivity contribution in [3.05, 3.63) is 76.6 Å². The van der Waals surface area contributed by atoms with E-state index >= 15 is 0 Å². The number of carbonyl (C=O) groups is 1. The highest BCUT2D eigenvalue weighted by Crippen LogP contribution is 2.19. The van der Waals surface area contributed by atoms with Gasteiger partial charge in [-0.3, -0.25) is 4.79 Å². The molecule has 0 saturated heterocycles. The van der Waals surface area contributed by atoms with Crippen molar-refractivity contribution in [2.24, 2.45) is 0 Å². The molecule has 3 rings (SSSR count). The van der Waals surface area contributed by atoms with Crippen molar-refractivity contribution in [1.29, 1.82) is 0 Å². The number of anilines is 1. The summed E-state index contributed by atoms with van der Waals surface area (Å²) in [6.07, 6.45) is 3.15. The number of nitrogens with one attached hydrogen (secondary N) is 1. The smallest absolute Gasteiger partial charge is 0.258 e. The average Bonchev–Trinajstić information content (AvgIpc) is 3.07. The first-order valence-corrected chi connectivity index (χ1v) is 7.77. The number of aryl methyl sites for hydroxylation is 1. The Kier molecular flexibility index (Phi) is 4.64. The van der Waals surface area contributed by atoms with E-state index in [4.69, 9.17) is 11.6 Å². The molecule has 0 saturated carbocycles. The number of rotatable bonds is 4. The number of carbonyl (C=O) groups excluding carboxylic acids is 1. The minimum absolute atomic E-state index is 0.0736. The van der Waals surface area contributed by atoms with Crippen LogP contribution in [0.3, 0.4) is 0 Å². The van der Waals surface area contributed by atoms with Gasteiger partial charge in [0.25, 0.3) is 5.91 Å². The van der Waals surface area contributed by atoms with Crippen molar-refractivity contribution >= 4 is 23.2 Å². The van der Waals surface area contributed by atoms with E-state index < -0.39 is 0 Å². The lowest BCUT2D eigenvalue weighted by molar-refractivity contribution is 0.102. The maximum atomic E-state index is 12.4. The second-order valence-corrected chi connectivity index (χ2v) is 5.85. The van der Waals surface area contributed by atoms with Gasteiger partial charge >= 0.3 is 0 Å².